The van der Waals surface area contributed by atoms with Gasteiger partial charge in [0.15, 0.2) is 0 Å². The molecular weight excluding hydrogens is 241 g/mol. The molecule has 2 nitrogen and oxygen atoms in total. The lowest BCUT2D eigenvalue weighted by molar-refractivity contribution is 0.219. The lowest BCUT2D eigenvalue weighted by Gasteiger charge is -2.18. The van der Waals surface area contributed by atoms with Crippen molar-refractivity contribution in [3.8, 4) is 0 Å². The first-order valence-corrected chi connectivity index (χ1v) is 6.20. The van der Waals surface area contributed by atoms with Crippen molar-refractivity contribution in [2.45, 2.75) is 13.0 Å². The van der Waals surface area contributed by atoms with Crippen LogP contribution in [0.3, 0.4) is 0 Å². The van der Waals surface area contributed by atoms with Crippen molar-refractivity contribution in [2.24, 2.45) is 0 Å². The lowest BCUT2D eigenvalue weighted by atomic mass is 9.97. The Morgan fingerprint density at radius 1 is 1.11 bits per heavy atom. The van der Waals surface area contributed by atoms with Crippen molar-refractivity contribution < 1.29 is 9.50 Å². The third kappa shape index (κ3) is 2.93. The zero-order chi connectivity index (χ0) is 14.0. The topological polar surface area (TPSA) is 23.5 Å². The Morgan fingerprint density at radius 3 is 2.47 bits per heavy atom. The van der Waals surface area contributed by atoms with Crippen LogP contribution in [0.2, 0.25) is 0 Å². The van der Waals surface area contributed by atoms with Crippen molar-refractivity contribution in [3.63, 3.8) is 0 Å². The summed E-state index contributed by atoms with van der Waals surface area (Å²) in [6.45, 7) is 1.80. The average Bonchev–Trinajstić information content (AvgIpc) is 2.38. The molecule has 0 aromatic heterocycles. The van der Waals surface area contributed by atoms with Gasteiger partial charge in [0.1, 0.15) is 11.9 Å². The molecule has 0 bridgehead atoms. The Balaban J connectivity index is 2.38. The third-order valence-electron chi connectivity index (χ3n) is 3.23. The fraction of sp³-hybridized carbons (Fsp3) is 0.250. The molecule has 1 N–H and O–H groups in total. The molecule has 100 valence electrons. The standard InChI is InChI=1S/C16H18FNO/c1-11-9-13(17)7-8-15(11)16(19)12-5-4-6-14(10-12)18(2)3/h4-10,16,19H,1-3H3. The first-order valence-electron chi connectivity index (χ1n) is 6.20. The van der Waals surface area contributed by atoms with Gasteiger partial charge in [-0.25, -0.2) is 4.39 Å². The highest BCUT2D eigenvalue weighted by atomic mass is 19.1. The van der Waals surface area contributed by atoms with Crippen LogP contribution in [0.25, 0.3) is 0 Å². The van der Waals surface area contributed by atoms with Gasteiger partial charge in [-0.1, -0.05) is 18.2 Å². The first kappa shape index (κ1) is 13.6. The van der Waals surface area contributed by atoms with E-state index in [9.17, 15) is 9.50 Å². The summed E-state index contributed by atoms with van der Waals surface area (Å²) < 4.78 is 13.1. The average molecular weight is 259 g/mol. The predicted octanol–water partition coefficient (Wildman–Crippen LogP) is 3.28. The third-order valence-corrected chi connectivity index (χ3v) is 3.23. The molecule has 3 heteroatoms. The van der Waals surface area contributed by atoms with Crippen LogP contribution >= 0.6 is 0 Å². The summed E-state index contributed by atoms with van der Waals surface area (Å²) in [5.41, 5.74) is 3.32. The molecule has 19 heavy (non-hydrogen) atoms. The smallest absolute Gasteiger partial charge is 0.123 e. The highest BCUT2D eigenvalue weighted by molar-refractivity contribution is 5.49. The van der Waals surface area contributed by atoms with Gasteiger partial charge in [-0.3, -0.25) is 0 Å². The van der Waals surface area contributed by atoms with E-state index in [0.29, 0.717) is 0 Å². The van der Waals surface area contributed by atoms with Gasteiger partial charge in [0.05, 0.1) is 0 Å². The molecule has 2 aromatic carbocycles. The van der Waals surface area contributed by atoms with Crippen molar-refractivity contribution >= 4 is 5.69 Å². The molecule has 0 saturated carbocycles. The van der Waals surface area contributed by atoms with Crippen LogP contribution in [0, 0.1) is 12.7 Å². The Hall–Kier alpha value is -1.87. The summed E-state index contributed by atoms with van der Waals surface area (Å²) in [5, 5.41) is 10.4. The molecule has 0 aliphatic heterocycles. The van der Waals surface area contributed by atoms with Crippen molar-refractivity contribution in [2.75, 3.05) is 19.0 Å². The second-order valence-corrected chi connectivity index (χ2v) is 4.89. The van der Waals surface area contributed by atoms with Crippen LogP contribution in [-0.4, -0.2) is 19.2 Å². The number of hydrogen-bond acceptors (Lipinski definition) is 2. The molecule has 1 atom stereocenters. The molecule has 0 radical (unpaired) electrons. The number of aryl methyl sites for hydroxylation is 1. The van der Waals surface area contributed by atoms with Crippen LogP contribution in [0.1, 0.15) is 22.8 Å². The second kappa shape index (κ2) is 5.41. The van der Waals surface area contributed by atoms with E-state index in [1.54, 1.807) is 13.0 Å². The highest BCUT2D eigenvalue weighted by Gasteiger charge is 2.14. The van der Waals surface area contributed by atoms with E-state index in [0.717, 1.165) is 22.4 Å². The zero-order valence-corrected chi connectivity index (χ0v) is 11.4. The van der Waals surface area contributed by atoms with E-state index in [1.807, 2.05) is 43.3 Å². The molecule has 0 heterocycles. The Kier molecular flexibility index (Phi) is 3.86. The monoisotopic (exact) mass is 259 g/mol. The van der Waals surface area contributed by atoms with Crippen LogP contribution in [0.15, 0.2) is 42.5 Å². The fourth-order valence-electron chi connectivity index (χ4n) is 2.10. The summed E-state index contributed by atoms with van der Waals surface area (Å²) in [4.78, 5) is 1.98. The zero-order valence-electron chi connectivity index (χ0n) is 11.4. The number of aliphatic hydroxyl groups excluding tert-OH is 1. The Morgan fingerprint density at radius 2 is 1.84 bits per heavy atom. The summed E-state index contributed by atoms with van der Waals surface area (Å²) in [5.74, 6) is -0.282. The molecule has 1 unspecified atom stereocenters. The maximum Gasteiger partial charge on any atom is 0.123 e. The van der Waals surface area contributed by atoms with E-state index in [-0.39, 0.29) is 5.82 Å². The summed E-state index contributed by atoms with van der Waals surface area (Å²) in [6, 6.07) is 12.2. The van der Waals surface area contributed by atoms with E-state index in [1.165, 1.54) is 12.1 Å². The summed E-state index contributed by atoms with van der Waals surface area (Å²) >= 11 is 0. The minimum atomic E-state index is -0.736. The van der Waals surface area contributed by atoms with E-state index >= 15 is 0 Å². The Bertz CT molecular complexity index is 581. The van der Waals surface area contributed by atoms with E-state index in [2.05, 4.69) is 0 Å². The molecule has 0 aliphatic carbocycles. The fourth-order valence-corrected chi connectivity index (χ4v) is 2.10. The van der Waals surface area contributed by atoms with Gasteiger partial charge in [-0.15, -0.1) is 0 Å². The molecule has 2 aromatic rings. The molecule has 0 aliphatic rings. The van der Waals surface area contributed by atoms with Gasteiger partial charge in [0.2, 0.25) is 0 Å². The van der Waals surface area contributed by atoms with Crippen LogP contribution in [-0.2, 0) is 0 Å². The van der Waals surface area contributed by atoms with Crippen molar-refractivity contribution in [1.82, 2.24) is 0 Å². The van der Waals surface area contributed by atoms with E-state index in [4.69, 9.17) is 0 Å². The summed E-state index contributed by atoms with van der Waals surface area (Å²) in [7, 11) is 3.91. The number of nitrogens with zero attached hydrogens (tertiary/aromatic N) is 1. The Labute approximate surface area is 113 Å². The molecule has 0 spiro atoms. The minimum absolute atomic E-state index is 0.282. The van der Waals surface area contributed by atoms with Crippen LogP contribution in [0.5, 0.6) is 0 Å². The van der Waals surface area contributed by atoms with Crippen molar-refractivity contribution in [1.29, 1.82) is 0 Å². The van der Waals surface area contributed by atoms with Gasteiger partial charge >= 0.3 is 0 Å². The quantitative estimate of drug-likeness (QED) is 0.914. The van der Waals surface area contributed by atoms with Gasteiger partial charge < -0.3 is 10.0 Å². The van der Waals surface area contributed by atoms with Gasteiger partial charge in [-0.05, 0) is 47.9 Å². The number of aliphatic hydroxyl groups is 1. The largest absolute Gasteiger partial charge is 0.384 e. The normalized spacial score (nSPS) is 12.3. The second-order valence-electron chi connectivity index (χ2n) is 4.89. The summed E-state index contributed by atoms with van der Waals surface area (Å²) in [6.07, 6.45) is -0.736. The first-order chi connectivity index (χ1) is 8.99. The molecular formula is C16H18FNO. The maximum absolute atomic E-state index is 13.1. The molecule has 0 fully saturated rings. The highest BCUT2D eigenvalue weighted by Crippen LogP contribution is 2.27. The molecule has 2 rings (SSSR count). The van der Waals surface area contributed by atoms with Gasteiger partial charge in [0, 0.05) is 19.8 Å². The number of halogens is 1. The number of benzene rings is 2. The van der Waals surface area contributed by atoms with Crippen LogP contribution in [0.4, 0.5) is 10.1 Å². The maximum atomic E-state index is 13.1. The minimum Gasteiger partial charge on any atom is -0.384 e. The number of rotatable bonds is 3. The molecule has 0 amide bonds. The van der Waals surface area contributed by atoms with Crippen molar-refractivity contribution in [3.05, 3.63) is 65.0 Å². The SMILES string of the molecule is Cc1cc(F)ccc1C(O)c1cccc(N(C)C)c1. The van der Waals surface area contributed by atoms with Gasteiger partial charge in [-0.2, -0.15) is 0 Å². The van der Waals surface area contributed by atoms with Crippen LogP contribution < -0.4 is 4.90 Å². The number of hydrogen-bond donors (Lipinski definition) is 1. The van der Waals surface area contributed by atoms with E-state index < -0.39 is 6.10 Å². The lowest BCUT2D eigenvalue weighted by Crippen LogP contribution is -2.10. The van der Waals surface area contributed by atoms with Gasteiger partial charge in [0.25, 0.3) is 0 Å². The number of anilines is 1. The molecule has 0 saturated heterocycles. The predicted molar refractivity (Wildman–Crippen MR) is 76.0 cm³/mol.